The molecule has 0 saturated heterocycles. The van der Waals surface area contributed by atoms with Crippen LogP contribution in [0.2, 0.25) is 0 Å². The molecular formula is C17H18IN3O2S. The van der Waals surface area contributed by atoms with Crippen LogP contribution in [-0.2, 0) is 0 Å². The number of amides is 1. The van der Waals surface area contributed by atoms with Crippen LogP contribution in [0, 0.1) is 3.57 Å². The lowest BCUT2D eigenvalue weighted by Crippen LogP contribution is -2.34. The van der Waals surface area contributed by atoms with Gasteiger partial charge in [-0.15, -0.1) is 0 Å². The summed E-state index contributed by atoms with van der Waals surface area (Å²) in [4.78, 5) is 16.4. The third-order valence-corrected chi connectivity index (χ3v) is 4.07. The van der Waals surface area contributed by atoms with E-state index < -0.39 is 0 Å². The molecule has 1 aromatic heterocycles. The van der Waals surface area contributed by atoms with Crippen molar-refractivity contribution in [2.24, 2.45) is 0 Å². The summed E-state index contributed by atoms with van der Waals surface area (Å²) in [6, 6.07) is 10.7. The van der Waals surface area contributed by atoms with E-state index in [2.05, 4.69) is 45.1 Å². The lowest BCUT2D eigenvalue weighted by atomic mass is 10.2. The number of anilines is 1. The van der Waals surface area contributed by atoms with Gasteiger partial charge in [0.25, 0.3) is 5.91 Å². The molecule has 0 bridgehead atoms. The minimum Gasteiger partial charge on any atom is -0.491 e. The number of hydrogen-bond acceptors (Lipinski definition) is 4. The monoisotopic (exact) mass is 455 g/mol. The first kappa shape index (κ1) is 18.6. The third kappa shape index (κ3) is 5.72. The van der Waals surface area contributed by atoms with Crippen LogP contribution in [0.4, 0.5) is 5.82 Å². The number of benzene rings is 1. The highest BCUT2D eigenvalue weighted by molar-refractivity contribution is 14.1. The van der Waals surface area contributed by atoms with Gasteiger partial charge in [0.2, 0.25) is 0 Å². The van der Waals surface area contributed by atoms with Gasteiger partial charge in [-0.2, -0.15) is 0 Å². The Morgan fingerprint density at radius 2 is 2.00 bits per heavy atom. The molecule has 0 aliphatic carbocycles. The Kier molecular flexibility index (Phi) is 6.92. The largest absolute Gasteiger partial charge is 0.491 e. The smallest absolute Gasteiger partial charge is 0.257 e. The van der Waals surface area contributed by atoms with Crippen LogP contribution in [-0.4, -0.2) is 22.1 Å². The van der Waals surface area contributed by atoms with E-state index in [1.165, 1.54) is 0 Å². The van der Waals surface area contributed by atoms with E-state index in [0.29, 0.717) is 11.4 Å². The summed E-state index contributed by atoms with van der Waals surface area (Å²) in [7, 11) is 0. The van der Waals surface area contributed by atoms with E-state index in [1.54, 1.807) is 36.5 Å². The van der Waals surface area contributed by atoms with Crippen LogP contribution >= 0.6 is 34.8 Å². The quantitative estimate of drug-likeness (QED) is 0.528. The molecule has 0 spiro atoms. The molecule has 126 valence electrons. The number of halogens is 1. The van der Waals surface area contributed by atoms with E-state index in [1.807, 2.05) is 13.0 Å². The summed E-state index contributed by atoms with van der Waals surface area (Å²) in [5.41, 5.74) is 0.506. The molecule has 1 atom stereocenters. The number of hydrogen-bond donors (Lipinski definition) is 2. The van der Waals surface area contributed by atoms with Gasteiger partial charge >= 0.3 is 0 Å². The number of rotatable bonds is 5. The van der Waals surface area contributed by atoms with Crippen LogP contribution in [0.5, 0.6) is 5.75 Å². The molecule has 0 radical (unpaired) electrons. The summed E-state index contributed by atoms with van der Waals surface area (Å²) in [6.45, 7) is 4.06. The lowest BCUT2D eigenvalue weighted by Gasteiger charge is -2.13. The van der Waals surface area contributed by atoms with Crippen LogP contribution in [0.25, 0.3) is 0 Å². The van der Waals surface area contributed by atoms with Gasteiger partial charge in [-0.3, -0.25) is 10.1 Å². The number of nitrogens with one attached hydrogen (secondary N) is 2. The molecule has 2 aromatic rings. The van der Waals surface area contributed by atoms with Crippen LogP contribution in [0.15, 0.2) is 42.6 Å². The number of aromatic nitrogens is 1. The molecule has 0 saturated carbocycles. The molecule has 0 aliphatic rings. The van der Waals surface area contributed by atoms with Gasteiger partial charge in [-0.25, -0.2) is 4.98 Å². The topological polar surface area (TPSA) is 63.2 Å². The van der Waals surface area contributed by atoms with Crippen molar-refractivity contribution in [2.75, 3.05) is 5.32 Å². The highest BCUT2D eigenvalue weighted by atomic mass is 127. The second-order valence-electron chi connectivity index (χ2n) is 5.13. The van der Waals surface area contributed by atoms with E-state index >= 15 is 0 Å². The van der Waals surface area contributed by atoms with Crippen molar-refractivity contribution in [3.05, 3.63) is 51.7 Å². The van der Waals surface area contributed by atoms with Gasteiger partial charge < -0.3 is 10.1 Å². The number of carbonyl (C=O) groups is 1. The van der Waals surface area contributed by atoms with Gasteiger partial charge in [0, 0.05) is 15.3 Å². The molecule has 2 rings (SSSR count). The molecule has 1 unspecified atom stereocenters. The van der Waals surface area contributed by atoms with Crippen molar-refractivity contribution >= 4 is 51.6 Å². The first-order valence-corrected chi connectivity index (χ1v) is 8.97. The molecule has 2 N–H and O–H groups in total. The van der Waals surface area contributed by atoms with Crippen molar-refractivity contribution < 1.29 is 9.53 Å². The second-order valence-corrected chi connectivity index (χ2v) is 6.78. The van der Waals surface area contributed by atoms with Crippen molar-refractivity contribution in [1.29, 1.82) is 0 Å². The summed E-state index contributed by atoms with van der Waals surface area (Å²) in [5, 5.41) is 5.71. The summed E-state index contributed by atoms with van der Waals surface area (Å²) < 4.78 is 6.71. The van der Waals surface area contributed by atoms with Crippen molar-refractivity contribution in [3.8, 4) is 5.75 Å². The molecule has 1 aromatic carbocycles. The third-order valence-electron chi connectivity index (χ3n) is 3.22. The van der Waals surface area contributed by atoms with E-state index in [4.69, 9.17) is 17.0 Å². The standard InChI is InChI=1S/C17H18IN3O2S/c1-3-11(2)23-14-7-4-12(5-8-14)16(22)21-17(24)20-15-9-6-13(18)10-19-15/h4-11H,3H2,1-2H3,(H2,19,20,21,22,24). The second kappa shape index (κ2) is 8.93. The number of thiocarbonyl (C=S) groups is 1. The molecule has 1 heterocycles. The number of nitrogens with zero attached hydrogens (tertiary/aromatic N) is 1. The molecular weight excluding hydrogens is 437 g/mol. The zero-order valence-corrected chi connectivity index (χ0v) is 16.3. The lowest BCUT2D eigenvalue weighted by molar-refractivity contribution is 0.0977. The van der Waals surface area contributed by atoms with Gasteiger partial charge in [0.1, 0.15) is 11.6 Å². The Bertz CT molecular complexity index is 705. The van der Waals surface area contributed by atoms with Crippen molar-refractivity contribution in [1.82, 2.24) is 10.3 Å². The van der Waals surface area contributed by atoms with Crippen LogP contribution in [0.1, 0.15) is 30.6 Å². The van der Waals surface area contributed by atoms with E-state index in [9.17, 15) is 4.79 Å². The number of ether oxygens (including phenoxy) is 1. The Morgan fingerprint density at radius 3 is 2.58 bits per heavy atom. The Morgan fingerprint density at radius 1 is 1.29 bits per heavy atom. The fourth-order valence-electron chi connectivity index (χ4n) is 1.77. The number of carbonyl (C=O) groups excluding carboxylic acids is 1. The average Bonchev–Trinajstić information content (AvgIpc) is 2.57. The first-order chi connectivity index (χ1) is 11.5. The van der Waals surface area contributed by atoms with Gasteiger partial charge in [0.15, 0.2) is 5.11 Å². The summed E-state index contributed by atoms with van der Waals surface area (Å²) >= 11 is 7.30. The van der Waals surface area contributed by atoms with Crippen molar-refractivity contribution in [2.45, 2.75) is 26.4 Å². The predicted octanol–water partition coefficient (Wildman–Crippen LogP) is 3.99. The molecule has 7 heteroatoms. The van der Waals surface area contributed by atoms with E-state index in [0.717, 1.165) is 15.7 Å². The van der Waals surface area contributed by atoms with Gasteiger partial charge in [0.05, 0.1) is 6.10 Å². The molecule has 0 fully saturated rings. The maximum Gasteiger partial charge on any atom is 0.257 e. The number of pyridine rings is 1. The molecule has 5 nitrogen and oxygen atoms in total. The maximum atomic E-state index is 12.2. The van der Waals surface area contributed by atoms with E-state index in [-0.39, 0.29) is 17.1 Å². The van der Waals surface area contributed by atoms with Gasteiger partial charge in [-0.1, -0.05) is 6.92 Å². The Balaban J connectivity index is 1.91. The summed E-state index contributed by atoms with van der Waals surface area (Å²) in [6.07, 6.45) is 2.78. The zero-order chi connectivity index (χ0) is 17.5. The highest BCUT2D eigenvalue weighted by Gasteiger charge is 2.09. The summed E-state index contributed by atoms with van der Waals surface area (Å²) in [5.74, 6) is 1.04. The molecule has 24 heavy (non-hydrogen) atoms. The predicted molar refractivity (Wildman–Crippen MR) is 107 cm³/mol. The average molecular weight is 455 g/mol. The zero-order valence-electron chi connectivity index (χ0n) is 13.4. The molecule has 1 amide bonds. The molecule has 0 aliphatic heterocycles. The fraction of sp³-hybridized carbons (Fsp3) is 0.235. The minimum absolute atomic E-state index is 0.142. The Hall–Kier alpha value is -1.74. The SMILES string of the molecule is CCC(C)Oc1ccc(C(=O)NC(=S)Nc2ccc(I)cn2)cc1. The first-order valence-electron chi connectivity index (χ1n) is 7.48. The maximum absolute atomic E-state index is 12.2. The minimum atomic E-state index is -0.284. The van der Waals surface area contributed by atoms with Crippen LogP contribution in [0.3, 0.4) is 0 Å². The Labute approximate surface area is 160 Å². The van der Waals surface area contributed by atoms with Crippen LogP contribution < -0.4 is 15.4 Å². The fourth-order valence-corrected chi connectivity index (χ4v) is 2.29. The van der Waals surface area contributed by atoms with Gasteiger partial charge in [-0.05, 0) is 84.6 Å². The van der Waals surface area contributed by atoms with Crippen molar-refractivity contribution in [3.63, 3.8) is 0 Å². The highest BCUT2D eigenvalue weighted by Crippen LogP contribution is 2.15. The normalized spacial score (nSPS) is 11.5.